The fourth-order valence-electron chi connectivity index (χ4n) is 2.79. The minimum Gasteiger partial charge on any atom is -0.480 e. The molecule has 1 N–H and O–H groups in total. The zero-order valence-corrected chi connectivity index (χ0v) is 11.8. The van der Waals surface area contributed by atoms with Crippen molar-refractivity contribution >= 4 is 11.9 Å². The third kappa shape index (κ3) is 3.38. The number of likely N-dealkylation sites (tertiary alicyclic amines) is 1. The average molecular weight is 275 g/mol. The number of carboxylic acids is 1. The fraction of sp³-hybridized carbons (Fsp3) is 0.500. The van der Waals surface area contributed by atoms with Crippen molar-refractivity contribution in [2.75, 3.05) is 6.54 Å². The monoisotopic (exact) mass is 275 g/mol. The molecule has 2 atom stereocenters. The SMILES string of the molecule is C[C@H](Cc1ccccc1)C(=O)N1CCCC[C@H]1C(=O)O. The molecule has 108 valence electrons. The van der Waals surface area contributed by atoms with E-state index in [2.05, 4.69) is 0 Å². The Kier molecular flexibility index (Phi) is 4.77. The van der Waals surface area contributed by atoms with E-state index in [1.165, 1.54) is 0 Å². The lowest BCUT2D eigenvalue weighted by molar-refractivity contribution is -0.153. The molecule has 1 saturated heterocycles. The molecular weight excluding hydrogens is 254 g/mol. The molecule has 0 radical (unpaired) electrons. The zero-order valence-electron chi connectivity index (χ0n) is 11.8. The summed E-state index contributed by atoms with van der Waals surface area (Å²) in [5, 5.41) is 9.24. The first kappa shape index (κ1) is 14.6. The molecule has 1 aliphatic heterocycles. The maximum absolute atomic E-state index is 12.5. The van der Waals surface area contributed by atoms with Gasteiger partial charge in [0.2, 0.25) is 5.91 Å². The van der Waals surface area contributed by atoms with E-state index in [9.17, 15) is 14.7 Å². The molecule has 0 aliphatic carbocycles. The van der Waals surface area contributed by atoms with E-state index in [-0.39, 0.29) is 11.8 Å². The number of hydrogen-bond acceptors (Lipinski definition) is 2. The Morgan fingerprint density at radius 2 is 2.00 bits per heavy atom. The highest BCUT2D eigenvalue weighted by molar-refractivity contribution is 5.85. The molecule has 0 unspecified atom stereocenters. The van der Waals surface area contributed by atoms with E-state index in [0.717, 1.165) is 18.4 Å². The van der Waals surface area contributed by atoms with Crippen LogP contribution in [0.15, 0.2) is 30.3 Å². The van der Waals surface area contributed by atoms with Crippen LogP contribution in [0, 0.1) is 5.92 Å². The summed E-state index contributed by atoms with van der Waals surface area (Å²) in [4.78, 5) is 25.3. The van der Waals surface area contributed by atoms with Gasteiger partial charge in [-0.15, -0.1) is 0 Å². The van der Waals surface area contributed by atoms with Crippen LogP contribution in [0.4, 0.5) is 0 Å². The second-order valence-corrected chi connectivity index (χ2v) is 5.47. The lowest BCUT2D eigenvalue weighted by Crippen LogP contribution is -2.50. The van der Waals surface area contributed by atoms with Gasteiger partial charge >= 0.3 is 5.97 Å². The van der Waals surface area contributed by atoms with Crippen molar-refractivity contribution < 1.29 is 14.7 Å². The third-order valence-corrected chi connectivity index (χ3v) is 3.88. The molecule has 0 aromatic heterocycles. The summed E-state index contributed by atoms with van der Waals surface area (Å²) in [5.41, 5.74) is 1.11. The summed E-state index contributed by atoms with van der Waals surface area (Å²) < 4.78 is 0. The van der Waals surface area contributed by atoms with Gasteiger partial charge in [-0.3, -0.25) is 4.79 Å². The van der Waals surface area contributed by atoms with Gasteiger partial charge in [0.05, 0.1) is 0 Å². The van der Waals surface area contributed by atoms with Crippen molar-refractivity contribution in [3.63, 3.8) is 0 Å². The lowest BCUT2D eigenvalue weighted by Gasteiger charge is -2.34. The molecule has 1 amide bonds. The second-order valence-electron chi connectivity index (χ2n) is 5.47. The molecule has 4 nitrogen and oxygen atoms in total. The molecule has 0 spiro atoms. The van der Waals surface area contributed by atoms with Gasteiger partial charge in [-0.25, -0.2) is 4.79 Å². The number of hydrogen-bond donors (Lipinski definition) is 1. The first-order valence-electron chi connectivity index (χ1n) is 7.17. The predicted octanol–water partition coefficient (Wildman–Crippen LogP) is 2.33. The maximum Gasteiger partial charge on any atom is 0.326 e. The highest BCUT2D eigenvalue weighted by Gasteiger charge is 2.33. The van der Waals surface area contributed by atoms with Crippen LogP contribution in [-0.4, -0.2) is 34.5 Å². The van der Waals surface area contributed by atoms with Crippen molar-refractivity contribution in [1.29, 1.82) is 0 Å². The van der Waals surface area contributed by atoms with Gasteiger partial charge in [0.25, 0.3) is 0 Å². The molecule has 1 heterocycles. The molecule has 4 heteroatoms. The van der Waals surface area contributed by atoms with Crippen LogP contribution in [0.2, 0.25) is 0 Å². The summed E-state index contributed by atoms with van der Waals surface area (Å²) in [6, 6.07) is 9.19. The smallest absolute Gasteiger partial charge is 0.326 e. The van der Waals surface area contributed by atoms with Crippen molar-refractivity contribution in [2.24, 2.45) is 5.92 Å². The van der Waals surface area contributed by atoms with E-state index in [1.807, 2.05) is 37.3 Å². The minimum atomic E-state index is -0.884. The highest BCUT2D eigenvalue weighted by atomic mass is 16.4. The highest BCUT2D eigenvalue weighted by Crippen LogP contribution is 2.21. The number of amides is 1. The minimum absolute atomic E-state index is 0.0408. The quantitative estimate of drug-likeness (QED) is 0.917. The van der Waals surface area contributed by atoms with Gasteiger partial charge in [0.15, 0.2) is 0 Å². The molecule has 0 saturated carbocycles. The molecule has 20 heavy (non-hydrogen) atoms. The average Bonchev–Trinajstić information content (AvgIpc) is 2.47. The Labute approximate surface area is 119 Å². The maximum atomic E-state index is 12.5. The first-order valence-corrected chi connectivity index (χ1v) is 7.17. The van der Waals surface area contributed by atoms with Crippen molar-refractivity contribution in [3.8, 4) is 0 Å². The largest absolute Gasteiger partial charge is 0.480 e. The van der Waals surface area contributed by atoms with Crippen LogP contribution < -0.4 is 0 Å². The fourth-order valence-corrected chi connectivity index (χ4v) is 2.79. The van der Waals surface area contributed by atoms with Gasteiger partial charge < -0.3 is 10.0 Å². The number of rotatable bonds is 4. The number of carbonyl (C=O) groups excluding carboxylic acids is 1. The number of carbonyl (C=O) groups is 2. The normalized spacial score (nSPS) is 20.4. The number of nitrogens with zero attached hydrogens (tertiary/aromatic N) is 1. The summed E-state index contributed by atoms with van der Waals surface area (Å²) in [7, 11) is 0. The zero-order chi connectivity index (χ0) is 14.5. The van der Waals surface area contributed by atoms with Crippen molar-refractivity contribution in [1.82, 2.24) is 4.90 Å². The number of carboxylic acid groups (broad SMARTS) is 1. The molecule has 1 aromatic rings. The third-order valence-electron chi connectivity index (χ3n) is 3.88. The van der Waals surface area contributed by atoms with Gasteiger partial charge in [-0.2, -0.15) is 0 Å². The van der Waals surface area contributed by atoms with Gasteiger partial charge in [0, 0.05) is 12.5 Å². The van der Waals surface area contributed by atoms with Gasteiger partial charge in [0.1, 0.15) is 6.04 Å². The summed E-state index contributed by atoms with van der Waals surface area (Å²) >= 11 is 0. The Bertz CT molecular complexity index is 472. The van der Waals surface area contributed by atoms with Crippen LogP contribution in [0.5, 0.6) is 0 Å². The van der Waals surface area contributed by atoms with E-state index >= 15 is 0 Å². The predicted molar refractivity (Wildman–Crippen MR) is 76.3 cm³/mol. The summed E-state index contributed by atoms with van der Waals surface area (Å²) in [5.74, 6) is -1.11. The topological polar surface area (TPSA) is 57.6 Å². The van der Waals surface area contributed by atoms with Crippen LogP contribution >= 0.6 is 0 Å². The van der Waals surface area contributed by atoms with Crippen LogP contribution in [0.3, 0.4) is 0 Å². The summed E-state index contributed by atoms with van der Waals surface area (Å²) in [6.45, 7) is 2.44. The Balaban J connectivity index is 2.03. The lowest BCUT2D eigenvalue weighted by atomic mass is 9.96. The Morgan fingerprint density at radius 1 is 1.30 bits per heavy atom. The Hall–Kier alpha value is -1.84. The van der Waals surface area contributed by atoms with E-state index in [1.54, 1.807) is 4.90 Å². The molecule has 1 fully saturated rings. The molecule has 1 aromatic carbocycles. The number of piperidine rings is 1. The summed E-state index contributed by atoms with van der Waals surface area (Å²) in [6.07, 6.45) is 3.00. The van der Waals surface area contributed by atoms with Crippen molar-refractivity contribution in [2.45, 2.75) is 38.6 Å². The van der Waals surface area contributed by atoms with Crippen LogP contribution in [0.25, 0.3) is 0 Å². The number of aliphatic carboxylic acids is 1. The molecule has 2 rings (SSSR count). The van der Waals surface area contributed by atoms with E-state index in [4.69, 9.17) is 0 Å². The van der Waals surface area contributed by atoms with Gasteiger partial charge in [-0.05, 0) is 31.2 Å². The number of benzene rings is 1. The molecule has 1 aliphatic rings. The molecular formula is C16H21NO3. The van der Waals surface area contributed by atoms with Crippen LogP contribution in [0.1, 0.15) is 31.7 Å². The first-order chi connectivity index (χ1) is 9.59. The standard InChI is InChI=1S/C16H21NO3/c1-12(11-13-7-3-2-4-8-13)15(18)17-10-6-5-9-14(17)16(19)20/h2-4,7-8,12,14H,5-6,9-11H2,1H3,(H,19,20)/t12-,14+/m1/s1. The van der Waals surface area contributed by atoms with Crippen LogP contribution in [-0.2, 0) is 16.0 Å². The second kappa shape index (κ2) is 6.55. The van der Waals surface area contributed by atoms with Gasteiger partial charge in [-0.1, -0.05) is 37.3 Å². The van der Waals surface area contributed by atoms with E-state index in [0.29, 0.717) is 19.4 Å². The Morgan fingerprint density at radius 3 is 2.65 bits per heavy atom. The van der Waals surface area contributed by atoms with Crippen molar-refractivity contribution in [3.05, 3.63) is 35.9 Å². The molecule has 0 bridgehead atoms. The van der Waals surface area contributed by atoms with E-state index < -0.39 is 12.0 Å².